The van der Waals surface area contributed by atoms with Crippen molar-refractivity contribution in [2.24, 2.45) is 0 Å². The molecule has 1 aromatic carbocycles. The highest BCUT2D eigenvalue weighted by Gasteiger charge is 2.13. The molecule has 0 saturated carbocycles. The van der Waals surface area contributed by atoms with Gasteiger partial charge in [0.05, 0.1) is 20.0 Å². The summed E-state index contributed by atoms with van der Waals surface area (Å²) in [6.45, 7) is 8.69. The zero-order valence-electron chi connectivity index (χ0n) is 16.0. The van der Waals surface area contributed by atoms with Crippen molar-refractivity contribution in [3.05, 3.63) is 48.1 Å². The quantitative estimate of drug-likeness (QED) is 0.429. The third kappa shape index (κ3) is 7.59. The highest BCUT2D eigenvalue weighted by molar-refractivity contribution is 7.89. The number of benzene rings is 1. The van der Waals surface area contributed by atoms with Crippen LogP contribution in [0.2, 0.25) is 0 Å². The molecule has 0 aliphatic heterocycles. The molecule has 0 fully saturated rings. The van der Waals surface area contributed by atoms with Gasteiger partial charge >= 0.3 is 0 Å². The minimum Gasteiger partial charge on any atom is -0.497 e. The Kier molecular flexibility index (Phi) is 9.40. The fourth-order valence-corrected chi connectivity index (χ4v) is 3.37. The fourth-order valence-electron chi connectivity index (χ4n) is 2.33. The summed E-state index contributed by atoms with van der Waals surface area (Å²) in [5.74, 6) is 1.31. The number of methoxy groups -OCH3 is 2. The summed E-state index contributed by atoms with van der Waals surface area (Å²) in [5, 5.41) is 3.27. The second-order valence-corrected chi connectivity index (χ2v) is 7.85. The van der Waals surface area contributed by atoms with E-state index in [1.165, 1.54) is 0 Å². The highest BCUT2D eigenvalue weighted by atomic mass is 32.2. The lowest BCUT2D eigenvalue weighted by Gasteiger charge is -2.14. The van der Waals surface area contributed by atoms with Gasteiger partial charge < -0.3 is 14.8 Å². The molecule has 1 rings (SSSR count). The summed E-state index contributed by atoms with van der Waals surface area (Å²) in [6.07, 6.45) is 4.39. The van der Waals surface area contributed by atoms with Crippen molar-refractivity contribution < 1.29 is 17.9 Å². The second kappa shape index (κ2) is 11.0. The lowest BCUT2D eigenvalue weighted by molar-refractivity contribution is 0.390. The largest absolute Gasteiger partial charge is 0.497 e. The Bertz CT molecular complexity index is 714. The molecule has 7 heteroatoms. The number of rotatable bonds is 12. The van der Waals surface area contributed by atoms with Crippen LogP contribution in [0.1, 0.15) is 25.8 Å². The standard InChI is InChI=1S/C19H30N2O4S/c1-6-8-15(2)16(3)20-11-7-12-26(22,23)21-14-17-9-10-18(24-4)13-19(17)25-5/h6,8-10,13,16,20-21H,2,7,11-12,14H2,1,3-5H3/b8-6-/t16-/m0/s1. The molecule has 0 saturated heterocycles. The van der Waals surface area contributed by atoms with E-state index in [-0.39, 0.29) is 18.3 Å². The van der Waals surface area contributed by atoms with E-state index >= 15 is 0 Å². The predicted octanol–water partition coefficient (Wildman–Crippen LogP) is 2.62. The van der Waals surface area contributed by atoms with E-state index in [1.54, 1.807) is 32.4 Å². The summed E-state index contributed by atoms with van der Waals surface area (Å²) in [4.78, 5) is 0. The molecule has 1 atom stereocenters. The zero-order chi connectivity index (χ0) is 19.6. The van der Waals surface area contributed by atoms with Crippen LogP contribution in [0.25, 0.3) is 0 Å². The monoisotopic (exact) mass is 382 g/mol. The fraction of sp³-hybridized carbons (Fsp3) is 0.474. The molecule has 2 N–H and O–H groups in total. The SMILES string of the molecule is C=C(/C=C\C)[C@H](C)NCCCS(=O)(=O)NCc1ccc(OC)cc1OC. The Hall–Kier alpha value is -1.83. The first-order chi connectivity index (χ1) is 12.3. The summed E-state index contributed by atoms with van der Waals surface area (Å²) in [6, 6.07) is 5.41. The van der Waals surface area contributed by atoms with Gasteiger partial charge in [0, 0.05) is 24.2 Å². The van der Waals surface area contributed by atoms with Gasteiger partial charge in [0.15, 0.2) is 0 Å². The van der Waals surface area contributed by atoms with Crippen LogP contribution in [-0.4, -0.2) is 41.0 Å². The lowest BCUT2D eigenvalue weighted by atomic mass is 10.1. The van der Waals surface area contributed by atoms with Crippen molar-refractivity contribution in [3.63, 3.8) is 0 Å². The summed E-state index contributed by atoms with van der Waals surface area (Å²) in [7, 11) is -0.250. The van der Waals surface area contributed by atoms with Gasteiger partial charge in [0.2, 0.25) is 10.0 Å². The van der Waals surface area contributed by atoms with Crippen molar-refractivity contribution in [2.45, 2.75) is 32.9 Å². The highest BCUT2D eigenvalue weighted by Crippen LogP contribution is 2.24. The van der Waals surface area contributed by atoms with Crippen LogP contribution in [0.5, 0.6) is 11.5 Å². The van der Waals surface area contributed by atoms with Gasteiger partial charge in [-0.05, 0) is 38.5 Å². The van der Waals surface area contributed by atoms with Gasteiger partial charge in [-0.2, -0.15) is 0 Å². The van der Waals surface area contributed by atoms with Crippen LogP contribution in [0.3, 0.4) is 0 Å². The molecule has 1 aromatic rings. The van der Waals surface area contributed by atoms with Crippen LogP contribution in [0, 0.1) is 0 Å². The maximum absolute atomic E-state index is 12.2. The zero-order valence-corrected chi connectivity index (χ0v) is 16.9. The first-order valence-corrected chi connectivity index (χ1v) is 10.2. The first kappa shape index (κ1) is 22.2. The van der Waals surface area contributed by atoms with E-state index in [9.17, 15) is 8.42 Å². The van der Waals surface area contributed by atoms with Crippen molar-refractivity contribution in [1.82, 2.24) is 10.0 Å². The first-order valence-electron chi connectivity index (χ1n) is 8.56. The minimum absolute atomic E-state index is 0.0568. The molecule has 0 aliphatic carbocycles. The molecular formula is C19H30N2O4S. The number of ether oxygens (including phenoxy) is 2. The number of allylic oxidation sites excluding steroid dienone is 1. The summed E-state index contributed by atoms with van der Waals surface area (Å²) < 4.78 is 37.4. The van der Waals surface area contributed by atoms with Gasteiger partial charge in [-0.15, -0.1) is 0 Å². The molecule has 0 heterocycles. The molecule has 26 heavy (non-hydrogen) atoms. The van der Waals surface area contributed by atoms with E-state index in [0.717, 1.165) is 11.1 Å². The average Bonchev–Trinajstić information content (AvgIpc) is 2.63. The number of sulfonamides is 1. The van der Waals surface area contributed by atoms with Crippen LogP contribution in [0.15, 0.2) is 42.5 Å². The topological polar surface area (TPSA) is 76.7 Å². The predicted molar refractivity (Wildman–Crippen MR) is 106 cm³/mol. The maximum Gasteiger partial charge on any atom is 0.211 e. The molecule has 0 spiro atoms. The Morgan fingerprint density at radius 2 is 2.04 bits per heavy atom. The molecule has 0 aromatic heterocycles. The van der Waals surface area contributed by atoms with E-state index in [4.69, 9.17) is 9.47 Å². The van der Waals surface area contributed by atoms with Gasteiger partial charge in [-0.3, -0.25) is 0 Å². The van der Waals surface area contributed by atoms with E-state index in [1.807, 2.05) is 26.0 Å². The van der Waals surface area contributed by atoms with Crippen molar-refractivity contribution in [1.29, 1.82) is 0 Å². The molecule has 0 unspecified atom stereocenters. The summed E-state index contributed by atoms with van der Waals surface area (Å²) in [5.41, 5.74) is 1.73. The normalized spacial score (nSPS) is 12.9. The molecule has 0 radical (unpaired) electrons. The van der Waals surface area contributed by atoms with Crippen LogP contribution >= 0.6 is 0 Å². The Morgan fingerprint density at radius 3 is 2.65 bits per heavy atom. The number of hydrogen-bond donors (Lipinski definition) is 2. The number of nitrogens with one attached hydrogen (secondary N) is 2. The lowest BCUT2D eigenvalue weighted by Crippen LogP contribution is -2.31. The van der Waals surface area contributed by atoms with Gasteiger partial charge in [-0.25, -0.2) is 13.1 Å². The van der Waals surface area contributed by atoms with Crippen LogP contribution < -0.4 is 19.5 Å². The molecule has 0 bridgehead atoms. The van der Waals surface area contributed by atoms with Crippen LogP contribution in [0.4, 0.5) is 0 Å². The molecular weight excluding hydrogens is 352 g/mol. The Labute approximate surface area is 157 Å². The van der Waals surface area contributed by atoms with Crippen molar-refractivity contribution in [3.8, 4) is 11.5 Å². The van der Waals surface area contributed by atoms with Gasteiger partial charge in [-0.1, -0.05) is 24.8 Å². The second-order valence-electron chi connectivity index (χ2n) is 5.92. The van der Waals surface area contributed by atoms with E-state index in [2.05, 4.69) is 16.6 Å². The van der Waals surface area contributed by atoms with Crippen molar-refractivity contribution in [2.75, 3.05) is 26.5 Å². The van der Waals surface area contributed by atoms with E-state index in [0.29, 0.717) is 24.5 Å². The van der Waals surface area contributed by atoms with Gasteiger partial charge in [0.25, 0.3) is 0 Å². The third-order valence-corrected chi connectivity index (χ3v) is 5.36. The Balaban J connectivity index is 2.46. The third-order valence-electron chi connectivity index (χ3n) is 3.95. The van der Waals surface area contributed by atoms with Gasteiger partial charge in [0.1, 0.15) is 11.5 Å². The smallest absolute Gasteiger partial charge is 0.211 e. The maximum atomic E-state index is 12.2. The average molecular weight is 383 g/mol. The molecule has 146 valence electrons. The molecule has 6 nitrogen and oxygen atoms in total. The minimum atomic E-state index is -3.36. The molecule has 0 amide bonds. The Morgan fingerprint density at radius 1 is 1.31 bits per heavy atom. The van der Waals surface area contributed by atoms with Crippen molar-refractivity contribution >= 4 is 10.0 Å². The van der Waals surface area contributed by atoms with Crippen LogP contribution in [-0.2, 0) is 16.6 Å². The van der Waals surface area contributed by atoms with E-state index < -0.39 is 10.0 Å². The number of hydrogen-bond acceptors (Lipinski definition) is 5. The molecule has 0 aliphatic rings. The summed E-state index contributed by atoms with van der Waals surface area (Å²) >= 11 is 0.